The van der Waals surface area contributed by atoms with E-state index in [0.717, 1.165) is 21.6 Å². The standard InChI is InChI=1S/C10H9O2S/c1-11-8-5-7-3-4-13-10(7)6-9(8)12-2/h3,5-6H,1-2H3. The molecule has 3 heteroatoms. The summed E-state index contributed by atoms with van der Waals surface area (Å²) >= 11 is 1.58. The highest BCUT2D eigenvalue weighted by Crippen LogP contribution is 2.34. The van der Waals surface area contributed by atoms with Gasteiger partial charge in [-0.3, -0.25) is 0 Å². The zero-order chi connectivity index (χ0) is 9.26. The fourth-order valence-electron chi connectivity index (χ4n) is 1.23. The molecule has 1 radical (unpaired) electrons. The minimum atomic E-state index is 0.766. The van der Waals surface area contributed by atoms with Gasteiger partial charge in [-0.1, -0.05) is 0 Å². The van der Waals surface area contributed by atoms with Crippen molar-refractivity contribution >= 4 is 21.4 Å². The summed E-state index contributed by atoms with van der Waals surface area (Å²) < 4.78 is 11.5. The highest BCUT2D eigenvalue weighted by atomic mass is 32.1. The van der Waals surface area contributed by atoms with E-state index in [2.05, 4.69) is 5.38 Å². The molecule has 13 heavy (non-hydrogen) atoms. The van der Waals surface area contributed by atoms with Gasteiger partial charge < -0.3 is 9.47 Å². The number of rotatable bonds is 2. The topological polar surface area (TPSA) is 18.5 Å². The van der Waals surface area contributed by atoms with Crippen molar-refractivity contribution in [1.29, 1.82) is 0 Å². The van der Waals surface area contributed by atoms with Crippen LogP contribution in [0.2, 0.25) is 0 Å². The van der Waals surface area contributed by atoms with Gasteiger partial charge in [0.15, 0.2) is 11.5 Å². The van der Waals surface area contributed by atoms with Crippen molar-refractivity contribution in [2.24, 2.45) is 0 Å². The summed E-state index contributed by atoms with van der Waals surface area (Å²) in [6.07, 6.45) is 0. The van der Waals surface area contributed by atoms with Crippen molar-refractivity contribution in [3.8, 4) is 11.5 Å². The summed E-state index contributed by atoms with van der Waals surface area (Å²) in [5.74, 6) is 1.53. The molecule has 0 aliphatic carbocycles. The lowest BCUT2D eigenvalue weighted by atomic mass is 10.2. The lowest BCUT2D eigenvalue weighted by Gasteiger charge is -2.06. The summed E-state index contributed by atoms with van der Waals surface area (Å²) in [6.45, 7) is 0. The maximum absolute atomic E-state index is 5.18. The highest BCUT2D eigenvalue weighted by molar-refractivity contribution is 7.16. The summed E-state index contributed by atoms with van der Waals surface area (Å²) in [7, 11) is 3.28. The van der Waals surface area contributed by atoms with Gasteiger partial charge in [-0.25, -0.2) is 0 Å². The maximum Gasteiger partial charge on any atom is 0.162 e. The van der Waals surface area contributed by atoms with E-state index >= 15 is 0 Å². The Balaban J connectivity index is 2.67. The lowest BCUT2D eigenvalue weighted by molar-refractivity contribution is 0.356. The average Bonchev–Trinajstić information content (AvgIpc) is 2.62. The van der Waals surface area contributed by atoms with E-state index in [0.29, 0.717) is 0 Å². The van der Waals surface area contributed by atoms with Gasteiger partial charge in [0.1, 0.15) is 0 Å². The van der Waals surface area contributed by atoms with Crippen LogP contribution in [-0.4, -0.2) is 14.2 Å². The van der Waals surface area contributed by atoms with Crippen LogP contribution in [0, 0.1) is 5.38 Å². The van der Waals surface area contributed by atoms with E-state index in [1.54, 1.807) is 25.6 Å². The first-order valence-electron chi connectivity index (χ1n) is 3.87. The predicted molar refractivity (Wildman–Crippen MR) is 53.8 cm³/mol. The lowest BCUT2D eigenvalue weighted by Crippen LogP contribution is -1.89. The molecule has 0 N–H and O–H groups in total. The first-order valence-corrected chi connectivity index (χ1v) is 4.68. The molecule has 0 atom stereocenters. The van der Waals surface area contributed by atoms with Crippen LogP contribution in [0.5, 0.6) is 11.5 Å². The molecule has 67 valence electrons. The van der Waals surface area contributed by atoms with Crippen LogP contribution in [0.1, 0.15) is 0 Å². The maximum atomic E-state index is 5.18. The van der Waals surface area contributed by atoms with Crippen LogP contribution in [-0.2, 0) is 0 Å². The third-order valence-corrected chi connectivity index (χ3v) is 2.71. The number of benzene rings is 1. The monoisotopic (exact) mass is 193 g/mol. The van der Waals surface area contributed by atoms with Crippen molar-refractivity contribution in [3.05, 3.63) is 23.6 Å². The van der Waals surface area contributed by atoms with Crippen LogP contribution >= 0.6 is 11.3 Å². The fraction of sp³-hybridized carbons (Fsp3) is 0.200. The van der Waals surface area contributed by atoms with Crippen molar-refractivity contribution in [2.45, 2.75) is 0 Å². The molecule has 0 saturated carbocycles. The highest BCUT2D eigenvalue weighted by Gasteiger charge is 2.05. The molecule has 0 spiro atoms. The molecule has 0 aliphatic rings. The van der Waals surface area contributed by atoms with Gasteiger partial charge in [0.05, 0.1) is 14.2 Å². The van der Waals surface area contributed by atoms with Crippen LogP contribution in [0.25, 0.3) is 10.1 Å². The third kappa shape index (κ3) is 1.35. The smallest absolute Gasteiger partial charge is 0.162 e. The molecular formula is C10H9O2S. The van der Waals surface area contributed by atoms with Crippen LogP contribution in [0.4, 0.5) is 0 Å². The second-order valence-corrected chi connectivity index (χ2v) is 3.49. The largest absolute Gasteiger partial charge is 0.493 e. The second kappa shape index (κ2) is 3.26. The number of ether oxygens (including phenoxy) is 2. The zero-order valence-corrected chi connectivity index (χ0v) is 8.27. The molecule has 0 bridgehead atoms. The van der Waals surface area contributed by atoms with Crippen LogP contribution < -0.4 is 9.47 Å². The Kier molecular flexibility index (Phi) is 2.10. The number of thiophene rings is 1. The number of fused-ring (bicyclic) bond motifs is 1. The Hall–Kier alpha value is -1.22. The Morgan fingerprint density at radius 3 is 2.54 bits per heavy atom. The molecule has 1 heterocycles. The molecule has 1 aromatic carbocycles. The molecule has 0 unspecified atom stereocenters. The fourth-order valence-corrected chi connectivity index (χ4v) is 1.95. The van der Waals surface area contributed by atoms with Gasteiger partial charge in [-0.15, -0.1) is 11.3 Å². The Bertz CT molecular complexity index is 382. The number of methoxy groups -OCH3 is 2. The quantitative estimate of drug-likeness (QED) is 0.730. The summed E-state index contributed by atoms with van der Waals surface area (Å²) in [6, 6.07) is 5.87. The molecule has 1 aromatic heterocycles. The number of hydrogen-bond donors (Lipinski definition) is 0. The molecular weight excluding hydrogens is 184 g/mol. The van der Waals surface area contributed by atoms with Crippen molar-refractivity contribution in [1.82, 2.24) is 0 Å². The van der Waals surface area contributed by atoms with Crippen molar-refractivity contribution < 1.29 is 9.47 Å². The van der Waals surface area contributed by atoms with E-state index in [1.165, 1.54) is 0 Å². The van der Waals surface area contributed by atoms with Gasteiger partial charge in [0.2, 0.25) is 0 Å². The van der Waals surface area contributed by atoms with Crippen molar-refractivity contribution in [3.63, 3.8) is 0 Å². The van der Waals surface area contributed by atoms with E-state index < -0.39 is 0 Å². The van der Waals surface area contributed by atoms with E-state index in [-0.39, 0.29) is 0 Å². The summed E-state index contributed by atoms with van der Waals surface area (Å²) in [4.78, 5) is 0. The normalized spacial score (nSPS) is 10.3. The van der Waals surface area contributed by atoms with Crippen LogP contribution in [0.3, 0.4) is 0 Å². The van der Waals surface area contributed by atoms with Gasteiger partial charge >= 0.3 is 0 Å². The molecule has 0 fully saturated rings. The molecule has 2 aromatic rings. The van der Waals surface area contributed by atoms with Gasteiger partial charge in [-0.2, -0.15) is 0 Å². The predicted octanol–water partition coefficient (Wildman–Crippen LogP) is 2.72. The van der Waals surface area contributed by atoms with Crippen molar-refractivity contribution in [2.75, 3.05) is 14.2 Å². The van der Waals surface area contributed by atoms with E-state index in [9.17, 15) is 0 Å². The Morgan fingerprint density at radius 1 is 1.15 bits per heavy atom. The summed E-state index contributed by atoms with van der Waals surface area (Å²) in [5.41, 5.74) is 0. The van der Waals surface area contributed by atoms with Gasteiger partial charge in [0.25, 0.3) is 0 Å². The second-order valence-electron chi connectivity index (χ2n) is 2.61. The minimum Gasteiger partial charge on any atom is -0.493 e. The molecule has 0 aliphatic heterocycles. The summed E-state index contributed by atoms with van der Waals surface area (Å²) in [5, 5.41) is 4.21. The molecule has 2 rings (SSSR count). The Labute approximate surface area is 80.7 Å². The van der Waals surface area contributed by atoms with E-state index in [1.807, 2.05) is 18.2 Å². The van der Waals surface area contributed by atoms with Gasteiger partial charge in [0, 0.05) is 16.1 Å². The minimum absolute atomic E-state index is 0.766. The van der Waals surface area contributed by atoms with Gasteiger partial charge in [-0.05, 0) is 17.5 Å². The zero-order valence-electron chi connectivity index (χ0n) is 7.46. The average molecular weight is 193 g/mol. The third-order valence-electron chi connectivity index (χ3n) is 1.90. The van der Waals surface area contributed by atoms with E-state index in [4.69, 9.17) is 9.47 Å². The molecule has 0 saturated heterocycles. The first-order chi connectivity index (χ1) is 6.35. The molecule has 2 nitrogen and oxygen atoms in total. The molecule has 0 amide bonds. The SMILES string of the molecule is COc1cc2c[c]sc2cc1OC. The first kappa shape index (κ1) is 8.38. The Morgan fingerprint density at radius 2 is 1.85 bits per heavy atom. The number of hydrogen-bond acceptors (Lipinski definition) is 3. The van der Waals surface area contributed by atoms with Crippen LogP contribution in [0.15, 0.2) is 18.2 Å².